The summed E-state index contributed by atoms with van der Waals surface area (Å²) in [4.78, 5) is 61.5. The van der Waals surface area contributed by atoms with Crippen LogP contribution < -0.4 is 0 Å². The van der Waals surface area contributed by atoms with Crippen LogP contribution in [-0.4, -0.2) is 68.0 Å². The summed E-state index contributed by atoms with van der Waals surface area (Å²) >= 11 is 0. The molecule has 0 amide bonds. The number of esters is 1. The molecule has 0 atom stereocenters. The summed E-state index contributed by atoms with van der Waals surface area (Å²) in [7, 11) is 0. The third kappa shape index (κ3) is 58.6. The third-order valence-electron chi connectivity index (χ3n) is 24.6. The van der Waals surface area contributed by atoms with Crippen LogP contribution in [0.4, 0.5) is 0 Å². The zero-order chi connectivity index (χ0) is 84.5. The van der Waals surface area contributed by atoms with Crippen molar-refractivity contribution in [2.24, 2.45) is 32.5 Å². The average Bonchev–Trinajstić information content (AvgIpc) is 0.677. The Labute approximate surface area is 685 Å². The molecule has 660 valence electrons. The molecule has 12 nitrogen and oxygen atoms in total. The number of rotatable bonds is 73. The Balaban J connectivity index is -0.00000119. The quantitative estimate of drug-likeness (QED) is 0.0284. The zero-order valence-electron chi connectivity index (χ0n) is 77.5. The summed E-state index contributed by atoms with van der Waals surface area (Å²) in [6.45, 7) is 40.4. The number of carbonyl (C=O) groups is 6. The van der Waals surface area contributed by atoms with Crippen LogP contribution in [0.5, 0.6) is 0 Å². The van der Waals surface area contributed by atoms with E-state index in [1.165, 1.54) is 405 Å². The zero-order valence-corrected chi connectivity index (χ0v) is 77.5. The van der Waals surface area contributed by atoms with Crippen molar-refractivity contribution < 1.29 is 59.0 Å². The highest BCUT2D eigenvalue weighted by atomic mass is 16.5. The van der Waals surface area contributed by atoms with Crippen molar-refractivity contribution in [3.63, 3.8) is 0 Å². The van der Waals surface area contributed by atoms with Gasteiger partial charge in [0.05, 0.1) is 12.0 Å². The molecule has 5 N–H and O–H groups in total. The highest BCUT2D eigenvalue weighted by Gasteiger charge is 2.71. The molecule has 0 fully saturated rings. The molecule has 0 spiro atoms. The fourth-order valence-corrected chi connectivity index (χ4v) is 19.7. The maximum absolute atomic E-state index is 16.5. The first-order valence-electron chi connectivity index (χ1n) is 47.8. The van der Waals surface area contributed by atoms with Crippen molar-refractivity contribution in [3.05, 3.63) is 0 Å². The van der Waals surface area contributed by atoms with E-state index in [4.69, 9.17) is 54.2 Å². The van der Waals surface area contributed by atoms with Gasteiger partial charge in [-0.1, -0.05) is 424 Å². The number of ether oxygens (including phenoxy) is 1. The predicted molar refractivity (Wildman–Crippen MR) is 476 cm³/mol. The fourth-order valence-electron chi connectivity index (χ4n) is 19.7. The molecule has 0 unspecified atom stereocenters. The van der Waals surface area contributed by atoms with Gasteiger partial charge in [-0.15, -0.1) is 0 Å². The number of hydrogen-bond donors (Lipinski definition) is 5. The van der Waals surface area contributed by atoms with Gasteiger partial charge in [0.1, 0.15) is 0 Å². The summed E-state index contributed by atoms with van der Waals surface area (Å²) in [5.41, 5.74) is 0.333. The van der Waals surface area contributed by atoms with E-state index in [9.17, 15) is 0 Å². The molecule has 0 heterocycles. The Bertz CT molecular complexity index is 1830. The number of carboxylic acids is 5. The van der Waals surface area contributed by atoms with E-state index in [0.717, 1.165) is 53.9 Å². The van der Waals surface area contributed by atoms with Gasteiger partial charge in [0, 0.05) is 34.6 Å². The first-order valence-corrected chi connectivity index (χ1v) is 47.8. The van der Waals surface area contributed by atoms with Crippen molar-refractivity contribution in [2.75, 3.05) is 6.61 Å². The monoisotopic (exact) mass is 1570 g/mol. The van der Waals surface area contributed by atoms with Crippen molar-refractivity contribution >= 4 is 35.8 Å². The van der Waals surface area contributed by atoms with E-state index in [2.05, 4.69) is 96.9 Å². The molecule has 0 saturated heterocycles. The smallest absolute Gasteiger partial charge is 0.312 e. The SMILES string of the molecule is CC(=O)O.CC(=O)O.CC(=O)O.CC(=O)O.CC(=O)O.CCCCCCC(CCCCCC)(CC(CCCCCC)(CCCCCC)C(CCCCCC)(CCCCCC)C(CCCCCC)(CCCCCC)C(CCCCCC)(CCCCCC)C(CCCCCC)(CCCCCC)CCCCCC)C(=O)OCC. The standard InChI is InChI=1S/C88H176O2.5C2H4O2/c1-15-29-42-55-68-83(82(89)90-28-14,69-56-43-30-16-2)81-85(73-60-47-34-20-6,74-61-48-35-21-7)87(77-64-51-38-24-10,78-65-52-39-25-11)88(79-66-53-40-26-12,80-67-54-41-27-13)86(75-62-49-36-22-8,76-63-50-37-23-9)84(70-57-44-31-17-3,71-58-45-32-18-4)72-59-46-33-19-5;5*1-2(3)4/h15-81H2,1-14H3;5*1H3,(H,3,4). The first kappa shape index (κ1) is 118. The molecule has 0 aromatic rings. The fraction of sp³-hybridized carbons (Fsp3) is 0.939. The second-order valence-electron chi connectivity index (χ2n) is 34.1. The number of carbonyl (C=O) groups excluding carboxylic acids is 1. The summed E-state index contributed by atoms with van der Waals surface area (Å²) in [5, 5.41) is 37.1. The van der Waals surface area contributed by atoms with Crippen molar-refractivity contribution in [2.45, 2.75) is 555 Å². The van der Waals surface area contributed by atoms with Crippen LogP contribution in [0.3, 0.4) is 0 Å². The second-order valence-corrected chi connectivity index (χ2v) is 34.1. The molecular weight excluding hydrogens is 1370 g/mol. The van der Waals surface area contributed by atoms with Crippen LogP contribution in [-0.2, 0) is 33.5 Å². The minimum Gasteiger partial charge on any atom is -0.481 e. The minimum absolute atomic E-state index is 0.0289. The normalized spacial score (nSPS) is 11.7. The molecule has 0 aromatic heterocycles. The Morgan fingerprint density at radius 1 is 0.200 bits per heavy atom. The van der Waals surface area contributed by atoms with E-state index in [1.54, 1.807) is 0 Å². The van der Waals surface area contributed by atoms with Gasteiger partial charge in [-0.2, -0.15) is 0 Å². The Kier molecular flexibility index (Phi) is 88.1. The predicted octanol–water partition coefficient (Wildman–Crippen LogP) is 32.9. The Morgan fingerprint density at radius 2 is 0.345 bits per heavy atom. The first-order chi connectivity index (χ1) is 52.6. The van der Waals surface area contributed by atoms with E-state index in [1.807, 2.05) is 0 Å². The minimum atomic E-state index is -0.833. The van der Waals surface area contributed by atoms with E-state index in [-0.39, 0.29) is 27.6 Å². The van der Waals surface area contributed by atoms with Crippen LogP contribution in [0, 0.1) is 32.5 Å². The van der Waals surface area contributed by atoms with Gasteiger partial charge >= 0.3 is 5.97 Å². The molecule has 0 rings (SSSR count). The largest absolute Gasteiger partial charge is 0.481 e. The highest BCUT2D eigenvalue weighted by molar-refractivity contribution is 5.77. The summed E-state index contributed by atoms with van der Waals surface area (Å²) in [6.07, 6.45) is 89.2. The number of hydrogen-bond acceptors (Lipinski definition) is 7. The van der Waals surface area contributed by atoms with Crippen molar-refractivity contribution in [1.29, 1.82) is 0 Å². The summed E-state index contributed by atoms with van der Waals surface area (Å²) in [5.74, 6) is -3.92. The Morgan fingerprint density at radius 3 is 0.518 bits per heavy atom. The lowest BCUT2D eigenvalue weighted by Gasteiger charge is -2.74. The van der Waals surface area contributed by atoms with Gasteiger partial charge in [0.25, 0.3) is 29.8 Å². The van der Waals surface area contributed by atoms with E-state index in [0.29, 0.717) is 12.0 Å². The van der Waals surface area contributed by atoms with Gasteiger partial charge < -0.3 is 30.3 Å². The molecule has 0 bridgehead atoms. The number of carboxylic acid groups (broad SMARTS) is 5. The van der Waals surface area contributed by atoms with Crippen LogP contribution in [0.15, 0.2) is 0 Å². The van der Waals surface area contributed by atoms with Crippen molar-refractivity contribution in [1.82, 2.24) is 0 Å². The maximum Gasteiger partial charge on any atom is 0.312 e. The lowest BCUT2D eigenvalue weighted by molar-refractivity contribution is -0.252. The van der Waals surface area contributed by atoms with Crippen LogP contribution >= 0.6 is 0 Å². The lowest BCUT2D eigenvalue weighted by atomic mass is 9.30. The number of unbranched alkanes of at least 4 members (excludes halogenated alkanes) is 39. The summed E-state index contributed by atoms with van der Waals surface area (Å²) in [6, 6.07) is 0. The maximum atomic E-state index is 16.5. The van der Waals surface area contributed by atoms with Gasteiger partial charge in [0.2, 0.25) is 0 Å². The third-order valence-corrected chi connectivity index (χ3v) is 24.6. The summed E-state index contributed by atoms with van der Waals surface area (Å²) < 4.78 is 6.89. The molecule has 0 aliphatic heterocycles. The topological polar surface area (TPSA) is 213 Å². The molecule has 0 aromatic carbocycles. The van der Waals surface area contributed by atoms with Crippen LogP contribution in [0.25, 0.3) is 0 Å². The highest BCUT2D eigenvalue weighted by Crippen LogP contribution is 2.79. The van der Waals surface area contributed by atoms with E-state index >= 15 is 4.79 Å². The van der Waals surface area contributed by atoms with Gasteiger partial charge in [-0.3, -0.25) is 28.8 Å². The van der Waals surface area contributed by atoms with Crippen molar-refractivity contribution in [3.8, 4) is 0 Å². The molecule has 0 aliphatic carbocycles. The van der Waals surface area contributed by atoms with Crippen LogP contribution in [0.1, 0.15) is 555 Å². The van der Waals surface area contributed by atoms with E-state index < -0.39 is 35.3 Å². The molecule has 0 aliphatic rings. The van der Waals surface area contributed by atoms with Gasteiger partial charge in [-0.05, 0) is 124 Å². The van der Waals surface area contributed by atoms with Crippen LogP contribution in [0.2, 0.25) is 0 Å². The molecule has 110 heavy (non-hydrogen) atoms. The molecular formula is C98H196O12. The van der Waals surface area contributed by atoms with Gasteiger partial charge in [-0.25, -0.2) is 0 Å². The molecule has 0 saturated carbocycles. The second kappa shape index (κ2) is 82.4. The Hall–Kier alpha value is -3.18. The average molecular weight is 1570 g/mol. The number of aliphatic carboxylic acids is 5. The molecule has 0 radical (unpaired) electrons. The van der Waals surface area contributed by atoms with Gasteiger partial charge in [0.15, 0.2) is 0 Å². The molecule has 12 heteroatoms. The lowest BCUT2D eigenvalue weighted by Crippen LogP contribution is -2.66.